The summed E-state index contributed by atoms with van der Waals surface area (Å²) in [5.74, 6) is 0. The van der Waals surface area contributed by atoms with Gasteiger partial charge in [-0.05, 0) is 42.7 Å². The summed E-state index contributed by atoms with van der Waals surface area (Å²) >= 11 is 0. The van der Waals surface area contributed by atoms with Crippen LogP contribution in [0.15, 0.2) is 48.5 Å². The third-order valence-corrected chi connectivity index (χ3v) is 3.77. The van der Waals surface area contributed by atoms with E-state index in [2.05, 4.69) is 68.3 Å². The van der Waals surface area contributed by atoms with Crippen molar-refractivity contribution in [1.29, 1.82) is 0 Å². The van der Waals surface area contributed by atoms with Crippen LogP contribution >= 0.6 is 0 Å². The van der Waals surface area contributed by atoms with Gasteiger partial charge in [-0.2, -0.15) is 0 Å². The number of hydrogen-bond donors (Lipinski definition) is 1. The van der Waals surface area contributed by atoms with Crippen LogP contribution in [0.25, 0.3) is 0 Å². The molecule has 2 aromatic carbocycles. The molecule has 0 fully saturated rings. The standard InChI is InChI=1S/C17H22N2/c1-13-9-10-15(11-14(13)2)17(12-18)19(3)16-7-5-4-6-8-16/h4-11,17H,12,18H2,1-3H3. The first kappa shape index (κ1) is 13.6. The maximum atomic E-state index is 5.99. The zero-order valence-electron chi connectivity index (χ0n) is 11.9. The predicted molar refractivity (Wildman–Crippen MR) is 82.6 cm³/mol. The van der Waals surface area contributed by atoms with E-state index in [1.807, 2.05) is 6.07 Å². The molecule has 0 aromatic heterocycles. The van der Waals surface area contributed by atoms with Crippen molar-refractivity contribution in [3.8, 4) is 0 Å². The summed E-state index contributed by atoms with van der Waals surface area (Å²) in [4.78, 5) is 2.24. The maximum absolute atomic E-state index is 5.99. The van der Waals surface area contributed by atoms with E-state index in [0.29, 0.717) is 6.54 Å². The molecule has 100 valence electrons. The fourth-order valence-corrected chi connectivity index (χ4v) is 2.33. The topological polar surface area (TPSA) is 29.3 Å². The number of likely N-dealkylation sites (N-methyl/N-ethyl adjacent to an activating group) is 1. The second-order valence-electron chi connectivity index (χ2n) is 5.04. The first-order chi connectivity index (χ1) is 9.13. The van der Waals surface area contributed by atoms with Crippen LogP contribution in [0, 0.1) is 13.8 Å². The zero-order chi connectivity index (χ0) is 13.8. The SMILES string of the molecule is Cc1ccc(C(CN)N(C)c2ccccc2)cc1C. The highest BCUT2D eigenvalue weighted by molar-refractivity contribution is 5.48. The van der Waals surface area contributed by atoms with Crippen molar-refractivity contribution >= 4 is 5.69 Å². The maximum Gasteiger partial charge on any atom is 0.0661 e. The van der Waals surface area contributed by atoms with Gasteiger partial charge in [0, 0.05) is 19.3 Å². The molecule has 2 aromatic rings. The van der Waals surface area contributed by atoms with Gasteiger partial charge in [0.1, 0.15) is 0 Å². The average molecular weight is 254 g/mol. The lowest BCUT2D eigenvalue weighted by Crippen LogP contribution is -2.30. The molecule has 0 bridgehead atoms. The van der Waals surface area contributed by atoms with Crippen molar-refractivity contribution < 1.29 is 0 Å². The van der Waals surface area contributed by atoms with Crippen LogP contribution in [-0.2, 0) is 0 Å². The highest BCUT2D eigenvalue weighted by Gasteiger charge is 2.16. The number of rotatable bonds is 4. The van der Waals surface area contributed by atoms with Crippen LogP contribution < -0.4 is 10.6 Å². The van der Waals surface area contributed by atoms with E-state index >= 15 is 0 Å². The van der Waals surface area contributed by atoms with E-state index in [-0.39, 0.29) is 6.04 Å². The molecule has 0 heterocycles. The van der Waals surface area contributed by atoms with E-state index in [1.54, 1.807) is 0 Å². The molecule has 0 aliphatic rings. The number of aryl methyl sites for hydroxylation is 2. The van der Waals surface area contributed by atoms with Gasteiger partial charge in [0.05, 0.1) is 6.04 Å². The Labute approximate surface area is 115 Å². The first-order valence-electron chi connectivity index (χ1n) is 6.68. The Balaban J connectivity index is 2.31. The van der Waals surface area contributed by atoms with E-state index in [9.17, 15) is 0 Å². The van der Waals surface area contributed by atoms with Crippen LogP contribution in [-0.4, -0.2) is 13.6 Å². The predicted octanol–water partition coefficient (Wildman–Crippen LogP) is 3.44. The summed E-state index contributed by atoms with van der Waals surface area (Å²) in [7, 11) is 2.10. The molecule has 0 saturated heterocycles. The number of para-hydroxylation sites is 1. The molecule has 2 rings (SSSR count). The number of anilines is 1. The Morgan fingerprint density at radius 2 is 1.68 bits per heavy atom. The lowest BCUT2D eigenvalue weighted by atomic mass is 10.00. The first-order valence-corrected chi connectivity index (χ1v) is 6.68. The number of hydrogen-bond acceptors (Lipinski definition) is 2. The van der Waals surface area contributed by atoms with Crippen LogP contribution in [0.1, 0.15) is 22.7 Å². The fourth-order valence-electron chi connectivity index (χ4n) is 2.33. The van der Waals surface area contributed by atoms with Crippen LogP contribution in [0.3, 0.4) is 0 Å². The monoisotopic (exact) mass is 254 g/mol. The molecule has 1 unspecified atom stereocenters. The molecular formula is C17H22N2. The van der Waals surface area contributed by atoms with Gasteiger partial charge in [0.25, 0.3) is 0 Å². The zero-order valence-corrected chi connectivity index (χ0v) is 11.9. The molecule has 0 saturated carbocycles. The van der Waals surface area contributed by atoms with Crippen LogP contribution in [0.2, 0.25) is 0 Å². The number of benzene rings is 2. The molecule has 2 heteroatoms. The Hall–Kier alpha value is -1.80. The van der Waals surface area contributed by atoms with Crippen molar-refractivity contribution in [2.75, 3.05) is 18.5 Å². The normalized spacial score (nSPS) is 12.2. The minimum Gasteiger partial charge on any atom is -0.366 e. The Morgan fingerprint density at radius 1 is 1.00 bits per heavy atom. The minimum atomic E-state index is 0.210. The summed E-state index contributed by atoms with van der Waals surface area (Å²) < 4.78 is 0. The summed E-state index contributed by atoms with van der Waals surface area (Å²) in [5, 5.41) is 0. The smallest absolute Gasteiger partial charge is 0.0661 e. The van der Waals surface area contributed by atoms with Gasteiger partial charge in [-0.1, -0.05) is 36.4 Å². The van der Waals surface area contributed by atoms with Gasteiger partial charge in [0.2, 0.25) is 0 Å². The fraction of sp³-hybridized carbons (Fsp3) is 0.294. The second-order valence-corrected chi connectivity index (χ2v) is 5.04. The molecule has 2 nitrogen and oxygen atoms in total. The molecule has 2 N–H and O–H groups in total. The van der Waals surface area contributed by atoms with Crippen LogP contribution in [0.4, 0.5) is 5.69 Å². The summed E-state index contributed by atoms with van der Waals surface area (Å²) in [6.07, 6.45) is 0. The average Bonchev–Trinajstić information content (AvgIpc) is 2.44. The number of nitrogens with two attached hydrogens (primary N) is 1. The summed E-state index contributed by atoms with van der Waals surface area (Å²) in [6.45, 7) is 4.89. The molecule has 0 spiro atoms. The lowest BCUT2D eigenvalue weighted by Gasteiger charge is -2.30. The van der Waals surface area contributed by atoms with E-state index in [1.165, 1.54) is 22.4 Å². The van der Waals surface area contributed by atoms with Crippen LogP contribution in [0.5, 0.6) is 0 Å². The third-order valence-electron chi connectivity index (χ3n) is 3.77. The van der Waals surface area contributed by atoms with Crippen molar-refractivity contribution in [1.82, 2.24) is 0 Å². The lowest BCUT2D eigenvalue weighted by molar-refractivity contribution is 0.680. The minimum absolute atomic E-state index is 0.210. The Bertz CT molecular complexity index is 534. The van der Waals surface area contributed by atoms with Crippen molar-refractivity contribution in [3.63, 3.8) is 0 Å². The van der Waals surface area contributed by atoms with E-state index < -0.39 is 0 Å². The van der Waals surface area contributed by atoms with Gasteiger partial charge in [-0.3, -0.25) is 0 Å². The third kappa shape index (κ3) is 2.96. The van der Waals surface area contributed by atoms with Gasteiger partial charge >= 0.3 is 0 Å². The number of nitrogens with zero attached hydrogens (tertiary/aromatic N) is 1. The van der Waals surface area contributed by atoms with Gasteiger partial charge in [-0.15, -0.1) is 0 Å². The summed E-state index contributed by atoms with van der Waals surface area (Å²) in [6, 6.07) is 17.2. The molecule has 0 aliphatic heterocycles. The Morgan fingerprint density at radius 3 is 2.26 bits per heavy atom. The van der Waals surface area contributed by atoms with Gasteiger partial charge in [0.15, 0.2) is 0 Å². The van der Waals surface area contributed by atoms with E-state index in [0.717, 1.165) is 0 Å². The molecule has 19 heavy (non-hydrogen) atoms. The second kappa shape index (κ2) is 5.89. The van der Waals surface area contributed by atoms with E-state index in [4.69, 9.17) is 5.73 Å². The molecule has 1 atom stereocenters. The highest BCUT2D eigenvalue weighted by atomic mass is 15.1. The van der Waals surface area contributed by atoms with Gasteiger partial charge < -0.3 is 10.6 Å². The molecule has 0 amide bonds. The molecule has 0 radical (unpaired) electrons. The largest absolute Gasteiger partial charge is 0.366 e. The molecular weight excluding hydrogens is 232 g/mol. The quantitative estimate of drug-likeness (QED) is 0.905. The van der Waals surface area contributed by atoms with Crippen molar-refractivity contribution in [3.05, 3.63) is 65.2 Å². The summed E-state index contributed by atoms with van der Waals surface area (Å²) in [5.41, 5.74) is 11.1. The highest BCUT2D eigenvalue weighted by Crippen LogP contribution is 2.25. The molecule has 0 aliphatic carbocycles. The van der Waals surface area contributed by atoms with Gasteiger partial charge in [-0.25, -0.2) is 0 Å². The van der Waals surface area contributed by atoms with Crippen molar-refractivity contribution in [2.45, 2.75) is 19.9 Å². The van der Waals surface area contributed by atoms with Crippen molar-refractivity contribution in [2.24, 2.45) is 5.73 Å². The Kier molecular flexibility index (Phi) is 4.23.